The van der Waals surface area contributed by atoms with Crippen molar-refractivity contribution in [2.45, 2.75) is 0 Å². The van der Waals surface area contributed by atoms with Crippen molar-refractivity contribution in [3.63, 3.8) is 0 Å². The van der Waals surface area contributed by atoms with Gasteiger partial charge in [-0.15, -0.1) is 0 Å². The predicted octanol–water partition coefficient (Wildman–Crippen LogP) is 3.77. The second-order valence-electron chi connectivity index (χ2n) is 3.70. The number of benzene rings is 2. The minimum absolute atomic E-state index is 0.285. The molecule has 0 radical (unpaired) electrons. The van der Waals surface area contributed by atoms with Crippen LogP contribution in [0.25, 0.3) is 16.7 Å². The van der Waals surface area contributed by atoms with Crippen molar-refractivity contribution in [3.8, 4) is 5.69 Å². The Balaban J connectivity index is 2.24. The van der Waals surface area contributed by atoms with Crippen LogP contribution in [0.5, 0.6) is 0 Å². The Labute approximate surface area is 111 Å². The number of hydrogen-bond donors (Lipinski definition) is 0. The molecule has 2 aromatic carbocycles. The largest absolute Gasteiger partial charge is 0.299 e. The molecule has 2 nitrogen and oxygen atoms in total. The first-order valence-electron chi connectivity index (χ1n) is 5.13. The van der Waals surface area contributed by atoms with Gasteiger partial charge in [0.25, 0.3) is 0 Å². The van der Waals surface area contributed by atoms with Gasteiger partial charge >= 0.3 is 0 Å². The lowest BCUT2D eigenvalue weighted by atomic mass is 10.2. The van der Waals surface area contributed by atoms with Crippen molar-refractivity contribution in [3.05, 3.63) is 58.2 Å². The molecule has 0 aliphatic carbocycles. The maximum absolute atomic E-state index is 13.5. The van der Waals surface area contributed by atoms with Crippen LogP contribution in [-0.4, -0.2) is 9.55 Å². The number of imidazole rings is 1. The van der Waals surface area contributed by atoms with Crippen LogP contribution in [0.15, 0.2) is 48.8 Å². The van der Waals surface area contributed by atoms with Crippen LogP contribution in [0, 0.1) is 9.39 Å². The number of halogens is 2. The van der Waals surface area contributed by atoms with Gasteiger partial charge in [-0.3, -0.25) is 4.57 Å². The Hall–Kier alpha value is -1.43. The summed E-state index contributed by atoms with van der Waals surface area (Å²) in [6.45, 7) is 0. The standard InChI is InChI=1S/C13H8FIN2/c14-11-2-1-3-12-13(11)16-8-17(12)10-6-4-9(15)5-7-10/h1-8H. The summed E-state index contributed by atoms with van der Waals surface area (Å²) >= 11 is 2.25. The molecule has 0 saturated heterocycles. The highest BCUT2D eigenvalue weighted by Gasteiger charge is 2.07. The summed E-state index contributed by atoms with van der Waals surface area (Å²) in [7, 11) is 0. The second-order valence-corrected chi connectivity index (χ2v) is 4.94. The summed E-state index contributed by atoms with van der Waals surface area (Å²) in [4.78, 5) is 4.10. The fourth-order valence-electron chi connectivity index (χ4n) is 1.81. The third-order valence-corrected chi connectivity index (χ3v) is 3.35. The summed E-state index contributed by atoms with van der Waals surface area (Å²) in [6.07, 6.45) is 1.65. The molecule has 84 valence electrons. The van der Waals surface area contributed by atoms with Crippen molar-refractivity contribution < 1.29 is 4.39 Å². The SMILES string of the molecule is Fc1cccc2c1ncn2-c1ccc(I)cc1. The molecule has 0 fully saturated rings. The van der Waals surface area contributed by atoms with Gasteiger partial charge in [0.2, 0.25) is 0 Å². The van der Waals surface area contributed by atoms with Crippen molar-refractivity contribution >= 4 is 33.6 Å². The van der Waals surface area contributed by atoms with E-state index in [0.717, 1.165) is 11.2 Å². The van der Waals surface area contributed by atoms with E-state index in [1.165, 1.54) is 9.64 Å². The number of nitrogens with zero attached hydrogens (tertiary/aromatic N) is 2. The molecule has 0 aliphatic rings. The van der Waals surface area contributed by atoms with E-state index in [-0.39, 0.29) is 5.82 Å². The molecule has 4 heteroatoms. The van der Waals surface area contributed by atoms with Gasteiger partial charge in [0.15, 0.2) is 5.82 Å². The average Bonchev–Trinajstić information content (AvgIpc) is 2.75. The summed E-state index contributed by atoms with van der Waals surface area (Å²) < 4.78 is 16.6. The average molecular weight is 338 g/mol. The van der Waals surface area contributed by atoms with E-state index in [0.29, 0.717) is 5.52 Å². The molecule has 1 aromatic heterocycles. The molecule has 0 unspecified atom stereocenters. The molecule has 0 aliphatic heterocycles. The van der Waals surface area contributed by atoms with E-state index in [1.54, 1.807) is 12.4 Å². The van der Waals surface area contributed by atoms with Gasteiger partial charge in [-0.25, -0.2) is 9.37 Å². The Morgan fingerprint density at radius 3 is 2.59 bits per heavy atom. The first kappa shape index (κ1) is 10.7. The highest BCUT2D eigenvalue weighted by Crippen LogP contribution is 2.20. The van der Waals surface area contributed by atoms with Crippen LogP contribution >= 0.6 is 22.6 Å². The topological polar surface area (TPSA) is 17.8 Å². The van der Waals surface area contributed by atoms with E-state index in [1.807, 2.05) is 34.9 Å². The first-order valence-corrected chi connectivity index (χ1v) is 6.21. The molecule has 0 spiro atoms. The van der Waals surface area contributed by atoms with Crippen molar-refractivity contribution in [2.75, 3.05) is 0 Å². The summed E-state index contributed by atoms with van der Waals surface area (Å²) in [5.41, 5.74) is 2.18. The minimum Gasteiger partial charge on any atom is -0.299 e. The van der Waals surface area contributed by atoms with Crippen LogP contribution in [0.3, 0.4) is 0 Å². The van der Waals surface area contributed by atoms with Crippen LogP contribution in [0.2, 0.25) is 0 Å². The molecule has 3 rings (SSSR count). The Morgan fingerprint density at radius 2 is 1.82 bits per heavy atom. The Morgan fingerprint density at radius 1 is 1.06 bits per heavy atom. The summed E-state index contributed by atoms with van der Waals surface area (Å²) in [6, 6.07) is 13.0. The highest BCUT2D eigenvalue weighted by atomic mass is 127. The Bertz CT molecular complexity index is 673. The quantitative estimate of drug-likeness (QED) is 0.618. The van der Waals surface area contributed by atoms with Gasteiger partial charge in [0.1, 0.15) is 11.8 Å². The molecule has 0 atom stereocenters. The van der Waals surface area contributed by atoms with Gasteiger partial charge in [0.05, 0.1) is 5.52 Å². The lowest BCUT2D eigenvalue weighted by Gasteiger charge is -2.04. The summed E-state index contributed by atoms with van der Waals surface area (Å²) in [5.74, 6) is -0.285. The smallest absolute Gasteiger partial charge is 0.151 e. The lowest BCUT2D eigenvalue weighted by Crippen LogP contribution is -1.91. The third-order valence-electron chi connectivity index (χ3n) is 2.63. The van der Waals surface area contributed by atoms with E-state index in [4.69, 9.17) is 0 Å². The maximum atomic E-state index is 13.5. The lowest BCUT2D eigenvalue weighted by molar-refractivity contribution is 0.637. The predicted molar refractivity (Wildman–Crippen MR) is 73.7 cm³/mol. The zero-order chi connectivity index (χ0) is 11.8. The van der Waals surface area contributed by atoms with Crippen LogP contribution < -0.4 is 0 Å². The summed E-state index contributed by atoms with van der Waals surface area (Å²) in [5, 5.41) is 0. The molecule has 0 amide bonds. The van der Waals surface area contributed by atoms with Gasteiger partial charge in [0, 0.05) is 9.26 Å². The van der Waals surface area contributed by atoms with E-state index >= 15 is 0 Å². The molecule has 1 heterocycles. The molecule has 0 bridgehead atoms. The molecule has 17 heavy (non-hydrogen) atoms. The van der Waals surface area contributed by atoms with Gasteiger partial charge in [-0.1, -0.05) is 6.07 Å². The molecule has 3 aromatic rings. The zero-order valence-electron chi connectivity index (χ0n) is 8.77. The first-order chi connectivity index (χ1) is 8.25. The fraction of sp³-hybridized carbons (Fsp3) is 0. The molecule has 0 saturated carbocycles. The minimum atomic E-state index is -0.285. The van der Waals surface area contributed by atoms with Gasteiger partial charge in [-0.2, -0.15) is 0 Å². The third kappa shape index (κ3) is 1.82. The van der Waals surface area contributed by atoms with Gasteiger partial charge in [-0.05, 0) is 59.0 Å². The van der Waals surface area contributed by atoms with Crippen LogP contribution in [0.1, 0.15) is 0 Å². The van der Waals surface area contributed by atoms with Crippen LogP contribution in [0.4, 0.5) is 4.39 Å². The van der Waals surface area contributed by atoms with Crippen LogP contribution in [-0.2, 0) is 0 Å². The van der Waals surface area contributed by atoms with Gasteiger partial charge < -0.3 is 0 Å². The van der Waals surface area contributed by atoms with Crippen molar-refractivity contribution in [1.82, 2.24) is 9.55 Å². The zero-order valence-corrected chi connectivity index (χ0v) is 10.9. The highest BCUT2D eigenvalue weighted by molar-refractivity contribution is 14.1. The second kappa shape index (κ2) is 4.10. The van der Waals surface area contributed by atoms with E-state index in [2.05, 4.69) is 27.6 Å². The molecular formula is C13H8FIN2. The number of hydrogen-bond acceptors (Lipinski definition) is 1. The van der Waals surface area contributed by atoms with E-state index < -0.39 is 0 Å². The number of fused-ring (bicyclic) bond motifs is 1. The number of para-hydroxylation sites is 1. The molecular weight excluding hydrogens is 330 g/mol. The maximum Gasteiger partial charge on any atom is 0.151 e. The van der Waals surface area contributed by atoms with E-state index in [9.17, 15) is 4.39 Å². The monoisotopic (exact) mass is 338 g/mol. The Kier molecular flexibility index (Phi) is 2.58. The fourth-order valence-corrected chi connectivity index (χ4v) is 2.17. The normalized spacial score (nSPS) is 10.9. The van der Waals surface area contributed by atoms with Crippen molar-refractivity contribution in [2.24, 2.45) is 0 Å². The van der Waals surface area contributed by atoms with Crippen molar-refractivity contribution in [1.29, 1.82) is 0 Å². The number of aromatic nitrogens is 2. The number of rotatable bonds is 1. The molecule has 0 N–H and O–H groups in total.